The first-order valence-electron chi connectivity index (χ1n) is 18.2. The zero-order valence-corrected chi connectivity index (χ0v) is 28.7. The molecule has 0 saturated heterocycles. The van der Waals surface area contributed by atoms with E-state index in [9.17, 15) is 9.90 Å². The van der Waals surface area contributed by atoms with Crippen LogP contribution in [0.1, 0.15) is 156 Å². The first-order valence-corrected chi connectivity index (χ1v) is 18.2. The molecular formula is C37H71NO5. The van der Waals surface area contributed by atoms with Crippen molar-refractivity contribution in [3.8, 4) is 0 Å². The van der Waals surface area contributed by atoms with Crippen molar-refractivity contribution in [1.29, 1.82) is 0 Å². The number of carbonyl (C=O) groups is 1. The van der Waals surface area contributed by atoms with E-state index in [1.54, 1.807) is 0 Å². The maximum absolute atomic E-state index is 12.4. The first kappa shape index (κ1) is 41.8. The van der Waals surface area contributed by atoms with Gasteiger partial charge in [0.1, 0.15) is 0 Å². The molecule has 0 saturated carbocycles. The number of rotatable bonds is 34. The Morgan fingerprint density at radius 2 is 1.14 bits per heavy atom. The van der Waals surface area contributed by atoms with Gasteiger partial charge in [0.2, 0.25) is 0 Å². The van der Waals surface area contributed by atoms with Crippen molar-refractivity contribution in [2.24, 2.45) is 0 Å². The van der Waals surface area contributed by atoms with Crippen molar-refractivity contribution in [1.82, 2.24) is 4.90 Å². The van der Waals surface area contributed by atoms with Crippen LogP contribution in [0, 0.1) is 0 Å². The van der Waals surface area contributed by atoms with Crippen LogP contribution >= 0.6 is 0 Å². The molecule has 43 heavy (non-hydrogen) atoms. The lowest BCUT2D eigenvalue weighted by molar-refractivity contribution is -0.159. The van der Waals surface area contributed by atoms with Crippen LogP contribution in [-0.4, -0.2) is 68.3 Å². The average Bonchev–Trinajstić information content (AvgIpc) is 3.01. The topological polar surface area (TPSA) is 68.2 Å². The minimum absolute atomic E-state index is 0.157. The zero-order valence-electron chi connectivity index (χ0n) is 28.7. The molecule has 0 fully saturated rings. The number of ether oxygens (including phenoxy) is 3. The number of allylic oxidation sites excluding steroid dienone is 4. The summed E-state index contributed by atoms with van der Waals surface area (Å²) in [5.74, 6) is -0.157. The Bertz CT molecular complexity index is 600. The van der Waals surface area contributed by atoms with Crippen LogP contribution in [0.25, 0.3) is 0 Å². The Morgan fingerprint density at radius 3 is 1.67 bits per heavy atom. The van der Waals surface area contributed by atoms with Crippen molar-refractivity contribution >= 4 is 5.97 Å². The molecule has 0 aromatic carbocycles. The molecule has 1 N–H and O–H groups in total. The average molecular weight is 610 g/mol. The Kier molecular flexibility index (Phi) is 34.3. The number of carbonyl (C=O) groups excluding carboxylic acids is 1. The smallest absolute Gasteiger partial charge is 0.305 e. The molecule has 0 unspecified atom stereocenters. The fourth-order valence-corrected chi connectivity index (χ4v) is 5.00. The van der Waals surface area contributed by atoms with Gasteiger partial charge >= 0.3 is 5.97 Å². The highest BCUT2D eigenvalue weighted by Gasteiger charge is 2.13. The van der Waals surface area contributed by atoms with E-state index >= 15 is 0 Å². The summed E-state index contributed by atoms with van der Waals surface area (Å²) in [5.41, 5.74) is 0. The van der Waals surface area contributed by atoms with E-state index in [1.165, 1.54) is 44.9 Å². The minimum Gasteiger partial charge on any atom is -0.466 e. The Hall–Kier alpha value is -1.21. The fraction of sp³-hybridized carbons (Fsp3) is 0.865. The van der Waals surface area contributed by atoms with Gasteiger partial charge < -0.3 is 24.2 Å². The molecule has 0 atom stereocenters. The van der Waals surface area contributed by atoms with Crippen LogP contribution < -0.4 is 0 Å². The summed E-state index contributed by atoms with van der Waals surface area (Å²) >= 11 is 0. The highest BCUT2D eigenvalue weighted by Crippen LogP contribution is 2.12. The van der Waals surface area contributed by atoms with Crippen LogP contribution in [0.15, 0.2) is 24.3 Å². The molecule has 0 aliphatic heterocycles. The first-order chi connectivity index (χ1) is 21.2. The molecule has 254 valence electrons. The lowest BCUT2D eigenvalue weighted by atomic mass is 10.1. The quantitative estimate of drug-likeness (QED) is 0.0339. The summed E-state index contributed by atoms with van der Waals surface area (Å²) in [7, 11) is 0. The predicted molar refractivity (Wildman–Crippen MR) is 182 cm³/mol. The lowest BCUT2D eigenvalue weighted by Crippen LogP contribution is -2.29. The number of hydrogen-bond donors (Lipinski definition) is 1. The Morgan fingerprint density at radius 1 is 0.628 bits per heavy atom. The van der Waals surface area contributed by atoms with E-state index in [1.807, 2.05) is 0 Å². The van der Waals surface area contributed by atoms with Gasteiger partial charge in [0, 0.05) is 26.2 Å². The van der Waals surface area contributed by atoms with E-state index < -0.39 is 0 Å². The summed E-state index contributed by atoms with van der Waals surface area (Å²) < 4.78 is 17.5. The molecule has 0 bridgehead atoms. The molecule has 0 aromatic heterocycles. The van der Waals surface area contributed by atoms with Crippen LogP contribution in [-0.2, 0) is 19.0 Å². The van der Waals surface area contributed by atoms with Gasteiger partial charge in [-0.25, -0.2) is 0 Å². The molecule has 0 amide bonds. The second-order valence-electron chi connectivity index (χ2n) is 11.8. The van der Waals surface area contributed by atoms with E-state index in [2.05, 4.69) is 50.0 Å². The molecule has 0 spiro atoms. The number of unbranched alkanes of at least 4 members (excludes halogenated alkanes) is 13. The molecular weight excluding hydrogens is 538 g/mol. The van der Waals surface area contributed by atoms with Crippen LogP contribution in [0.3, 0.4) is 0 Å². The maximum Gasteiger partial charge on any atom is 0.305 e. The number of hydrogen-bond acceptors (Lipinski definition) is 6. The van der Waals surface area contributed by atoms with Gasteiger partial charge in [-0.2, -0.15) is 0 Å². The molecule has 0 aliphatic rings. The highest BCUT2D eigenvalue weighted by molar-refractivity contribution is 5.69. The zero-order chi connectivity index (χ0) is 31.5. The van der Waals surface area contributed by atoms with Gasteiger partial charge in [0.05, 0.1) is 19.6 Å². The van der Waals surface area contributed by atoms with Crippen molar-refractivity contribution in [2.75, 3.05) is 46.1 Å². The third-order valence-corrected chi connectivity index (χ3v) is 7.65. The minimum atomic E-state index is -0.340. The predicted octanol–water partition coefficient (Wildman–Crippen LogP) is 9.55. The lowest BCUT2D eigenvalue weighted by Gasteiger charge is -2.21. The Balaban J connectivity index is 4.08. The molecule has 0 aromatic rings. The second kappa shape index (κ2) is 35.3. The van der Waals surface area contributed by atoms with Crippen LogP contribution in [0.2, 0.25) is 0 Å². The standard InChI is InChI=1S/C37H71NO5/c1-4-7-10-13-16-17-22-29-38(31-32-39)30-23-18-21-24-33-41-36(40)27-28-37(42-34-25-19-14-11-8-5-2)43-35-26-20-15-12-9-6-3/h8-9,11-12,37,39H,4-7,10,13-35H2,1-3H3/b11-8-,12-9-. The number of esters is 1. The number of aliphatic hydroxyl groups is 1. The summed E-state index contributed by atoms with van der Waals surface area (Å²) in [4.78, 5) is 14.8. The van der Waals surface area contributed by atoms with E-state index in [0.717, 1.165) is 96.7 Å². The summed E-state index contributed by atoms with van der Waals surface area (Å²) in [6, 6.07) is 0. The molecule has 6 heteroatoms. The highest BCUT2D eigenvalue weighted by atomic mass is 16.7. The maximum atomic E-state index is 12.4. The van der Waals surface area contributed by atoms with Gasteiger partial charge in [-0.15, -0.1) is 0 Å². The molecule has 0 aliphatic carbocycles. The summed E-state index contributed by atoms with van der Waals surface area (Å²) in [6.07, 6.45) is 31.4. The molecule has 0 heterocycles. The van der Waals surface area contributed by atoms with Crippen molar-refractivity contribution < 1.29 is 24.1 Å². The van der Waals surface area contributed by atoms with Gasteiger partial charge in [-0.3, -0.25) is 4.79 Å². The second-order valence-corrected chi connectivity index (χ2v) is 11.8. The normalized spacial score (nSPS) is 12.0. The van der Waals surface area contributed by atoms with E-state index in [-0.39, 0.29) is 18.9 Å². The molecule has 6 nitrogen and oxygen atoms in total. The van der Waals surface area contributed by atoms with Crippen molar-refractivity contribution in [2.45, 2.75) is 162 Å². The van der Waals surface area contributed by atoms with Gasteiger partial charge in [0.15, 0.2) is 6.29 Å². The van der Waals surface area contributed by atoms with Gasteiger partial charge in [-0.1, -0.05) is 96.4 Å². The third kappa shape index (κ3) is 32.0. The summed E-state index contributed by atoms with van der Waals surface area (Å²) in [5, 5.41) is 9.41. The van der Waals surface area contributed by atoms with E-state index in [4.69, 9.17) is 14.2 Å². The van der Waals surface area contributed by atoms with Crippen LogP contribution in [0.4, 0.5) is 0 Å². The molecule has 0 rings (SSSR count). The monoisotopic (exact) mass is 610 g/mol. The van der Waals surface area contributed by atoms with Gasteiger partial charge in [-0.05, 0) is 83.7 Å². The molecule has 0 radical (unpaired) electrons. The Labute approximate surface area is 267 Å². The fourth-order valence-electron chi connectivity index (χ4n) is 5.00. The van der Waals surface area contributed by atoms with Crippen LogP contribution in [0.5, 0.6) is 0 Å². The van der Waals surface area contributed by atoms with Crippen molar-refractivity contribution in [3.63, 3.8) is 0 Å². The SMILES string of the molecule is CC/C=C\CCCCOC(CCC(=O)OCCCCCCN(CCO)CCCCCCCCC)OCCCC/C=C\CC. The number of nitrogens with zero attached hydrogens (tertiary/aromatic N) is 1. The summed E-state index contributed by atoms with van der Waals surface area (Å²) in [6.45, 7) is 11.5. The van der Waals surface area contributed by atoms with Gasteiger partial charge in [0.25, 0.3) is 0 Å². The number of aliphatic hydroxyl groups excluding tert-OH is 1. The van der Waals surface area contributed by atoms with E-state index in [0.29, 0.717) is 32.7 Å². The third-order valence-electron chi connectivity index (χ3n) is 7.65. The largest absolute Gasteiger partial charge is 0.466 e. The van der Waals surface area contributed by atoms with Crippen molar-refractivity contribution in [3.05, 3.63) is 24.3 Å².